The zero-order valence-electron chi connectivity index (χ0n) is 16.6. The summed E-state index contributed by atoms with van der Waals surface area (Å²) in [5, 5.41) is 89.9. The number of hydrogen-bond donors (Lipinski definition) is 9. The molecule has 0 saturated carbocycles. The van der Waals surface area contributed by atoms with Crippen LogP contribution in [0.4, 0.5) is 0 Å². The van der Waals surface area contributed by atoms with Crippen molar-refractivity contribution in [1.29, 1.82) is 0 Å². The fraction of sp³-hybridized carbons (Fsp3) is 1.00. The van der Waals surface area contributed by atoms with E-state index in [1.165, 1.54) is 6.92 Å². The summed E-state index contributed by atoms with van der Waals surface area (Å²) >= 11 is 0. The van der Waals surface area contributed by atoms with Gasteiger partial charge in [0.15, 0.2) is 18.9 Å². The van der Waals surface area contributed by atoms with Crippen LogP contribution in [0.5, 0.6) is 0 Å². The Morgan fingerprint density at radius 3 is 2.00 bits per heavy atom. The topological polar surface area (TPSA) is 228 Å². The zero-order chi connectivity index (χ0) is 23.0. The minimum atomic E-state index is -1.77. The van der Waals surface area contributed by atoms with Gasteiger partial charge in [0, 0.05) is 0 Å². The fourth-order valence-electron chi connectivity index (χ4n) is 3.67. The quantitative estimate of drug-likeness (QED) is 0.187. The van der Waals surface area contributed by atoms with Gasteiger partial charge >= 0.3 is 0 Å². The predicted molar refractivity (Wildman–Crippen MR) is 93.8 cm³/mol. The normalized spacial score (nSPS) is 54.0. The molecule has 0 aliphatic carbocycles. The Morgan fingerprint density at radius 2 is 1.35 bits per heavy atom. The Kier molecular flexibility index (Phi) is 8.21. The highest BCUT2D eigenvalue weighted by Crippen LogP contribution is 2.31. The standard InChI is InChI=1S/C17H30O14/c1-4-7(20)10(23)12(25)16(28-4)31-14-11(24)9(22)6(2-18)29-17(14)30-13-8(21)5(19)3-27-15(13)26/h4-26H,2-3H2,1H3/t4-,5+,6+,7-,8-,9+,10+,11-,12+,13+,14+,15?,16-,17-/m0/s1. The molecule has 0 aromatic rings. The second-order valence-electron chi connectivity index (χ2n) is 7.87. The van der Waals surface area contributed by atoms with Crippen molar-refractivity contribution >= 4 is 0 Å². The van der Waals surface area contributed by atoms with E-state index in [1.54, 1.807) is 0 Å². The molecule has 3 fully saturated rings. The summed E-state index contributed by atoms with van der Waals surface area (Å²) in [5.41, 5.74) is 0. The lowest BCUT2D eigenvalue weighted by Crippen LogP contribution is -2.65. The maximum absolute atomic E-state index is 10.5. The van der Waals surface area contributed by atoms with E-state index in [9.17, 15) is 46.0 Å². The first kappa shape index (κ1) is 25.1. The molecule has 182 valence electrons. The third kappa shape index (κ3) is 5.02. The van der Waals surface area contributed by atoms with E-state index in [0.717, 1.165) is 0 Å². The number of aliphatic hydroxyl groups is 9. The van der Waals surface area contributed by atoms with Gasteiger partial charge in [0.05, 0.1) is 19.3 Å². The third-order valence-electron chi connectivity index (χ3n) is 5.67. The van der Waals surface area contributed by atoms with Crippen molar-refractivity contribution in [2.24, 2.45) is 0 Å². The van der Waals surface area contributed by atoms with Crippen molar-refractivity contribution in [1.82, 2.24) is 0 Å². The average Bonchev–Trinajstić information content (AvgIpc) is 2.74. The molecule has 3 saturated heterocycles. The molecule has 0 bridgehead atoms. The van der Waals surface area contributed by atoms with Crippen molar-refractivity contribution < 1.29 is 69.6 Å². The molecule has 0 aromatic carbocycles. The number of aliphatic hydroxyl groups excluding tert-OH is 9. The van der Waals surface area contributed by atoms with Gasteiger partial charge in [0.25, 0.3) is 0 Å². The smallest absolute Gasteiger partial charge is 0.187 e. The first-order valence-corrected chi connectivity index (χ1v) is 9.85. The number of rotatable bonds is 5. The molecule has 3 rings (SSSR count). The highest BCUT2D eigenvalue weighted by atomic mass is 16.8. The summed E-state index contributed by atoms with van der Waals surface area (Å²) in [7, 11) is 0. The molecular formula is C17H30O14. The van der Waals surface area contributed by atoms with Gasteiger partial charge in [-0.15, -0.1) is 0 Å². The molecule has 14 heteroatoms. The molecule has 9 N–H and O–H groups in total. The van der Waals surface area contributed by atoms with Crippen molar-refractivity contribution in [3.8, 4) is 0 Å². The molecule has 3 heterocycles. The molecule has 14 nitrogen and oxygen atoms in total. The molecule has 0 aromatic heterocycles. The summed E-state index contributed by atoms with van der Waals surface area (Å²) < 4.78 is 26.6. The van der Waals surface area contributed by atoms with Crippen LogP contribution >= 0.6 is 0 Å². The van der Waals surface area contributed by atoms with Crippen molar-refractivity contribution in [3.05, 3.63) is 0 Å². The maximum atomic E-state index is 10.5. The van der Waals surface area contributed by atoms with Gasteiger partial charge in [-0.05, 0) is 6.92 Å². The Labute approximate surface area is 176 Å². The molecule has 0 spiro atoms. The molecule has 3 aliphatic heterocycles. The fourth-order valence-corrected chi connectivity index (χ4v) is 3.67. The van der Waals surface area contributed by atoms with E-state index in [1.807, 2.05) is 0 Å². The zero-order valence-corrected chi connectivity index (χ0v) is 16.6. The lowest BCUT2D eigenvalue weighted by atomic mass is 9.97. The van der Waals surface area contributed by atoms with Crippen LogP contribution < -0.4 is 0 Å². The van der Waals surface area contributed by atoms with Crippen molar-refractivity contribution in [2.75, 3.05) is 13.2 Å². The van der Waals surface area contributed by atoms with Gasteiger partial charge in [0.2, 0.25) is 0 Å². The molecule has 3 aliphatic rings. The van der Waals surface area contributed by atoms with Crippen LogP contribution in [0.2, 0.25) is 0 Å². The molecule has 0 radical (unpaired) electrons. The van der Waals surface area contributed by atoms with E-state index < -0.39 is 92.6 Å². The predicted octanol–water partition coefficient (Wildman–Crippen LogP) is -5.91. The summed E-state index contributed by atoms with van der Waals surface area (Å²) in [5.74, 6) is 0. The van der Waals surface area contributed by atoms with E-state index in [4.69, 9.17) is 23.7 Å². The molecule has 14 atom stereocenters. The molecule has 1 unspecified atom stereocenters. The second kappa shape index (κ2) is 10.1. The largest absolute Gasteiger partial charge is 0.394 e. The van der Waals surface area contributed by atoms with Gasteiger partial charge in [0.1, 0.15) is 61.0 Å². The van der Waals surface area contributed by atoms with E-state index in [2.05, 4.69) is 0 Å². The number of hydrogen-bond acceptors (Lipinski definition) is 14. The van der Waals surface area contributed by atoms with Crippen LogP contribution in [0.15, 0.2) is 0 Å². The number of ether oxygens (including phenoxy) is 5. The lowest BCUT2D eigenvalue weighted by Gasteiger charge is -2.47. The Hall–Kier alpha value is -0.560. The third-order valence-corrected chi connectivity index (χ3v) is 5.67. The Morgan fingerprint density at radius 1 is 0.710 bits per heavy atom. The lowest BCUT2D eigenvalue weighted by molar-refractivity contribution is -0.385. The van der Waals surface area contributed by atoms with E-state index >= 15 is 0 Å². The summed E-state index contributed by atoms with van der Waals surface area (Å²) in [6.07, 6.45) is -21.7. The second-order valence-corrected chi connectivity index (χ2v) is 7.87. The van der Waals surface area contributed by atoms with Gasteiger partial charge in [-0.2, -0.15) is 0 Å². The molecular weight excluding hydrogens is 428 g/mol. The van der Waals surface area contributed by atoms with Crippen LogP contribution in [0.1, 0.15) is 6.92 Å². The summed E-state index contributed by atoms with van der Waals surface area (Å²) in [6.45, 7) is 0.306. The van der Waals surface area contributed by atoms with Crippen molar-refractivity contribution in [3.63, 3.8) is 0 Å². The van der Waals surface area contributed by atoms with E-state index in [0.29, 0.717) is 0 Å². The van der Waals surface area contributed by atoms with Crippen LogP contribution in [-0.4, -0.2) is 145 Å². The highest BCUT2D eigenvalue weighted by molar-refractivity contribution is 4.94. The van der Waals surface area contributed by atoms with Gasteiger partial charge in [-0.3, -0.25) is 0 Å². The van der Waals surface area contributed by atoms with Crippen LogP contribution in [0.3, 0.4) is 0 Å². The first-order chi connectivity index (χ1) is 14.6. The minimum absolute atomic E-state index is 0.367. The SMILES string of the molecule is C[C@@H]1O[C@@H](O[C@H]2[C@H](O[C@H]3C(O)OC[C@@H](O)[C@@H]3O)O[C@H](CO)[C@@H](O)[C@@H]2O)[C@H](O)[C@H](O)[C@H]1O. The van der Waals surface area contributed by atoms with Crippen LogP contribution in [0.25, 0.3) is 0 Å². The molecule has 0 amide bonds. The van der Waals surface area contributed by atoms with Gasteiger partial charge in [-0.25, -0.2) is 0 Å². The monoisotopic (exact) mass is 458 g/mol. The van der Waals surface area contributed by atoms with E-state index in [-0.39, 0.29) is 6.61 Å². The maximum Gasteiger partial charge on any atom is 0.187 e. The molecule has 31 heavy (non-hydrogen) atoms. The van der Waals surface area contributed by atoms with Gasteiger partial charge in [-0.1, -0.05) is 0 Å². The van der Waals surface area contributed by atoms with Gasteiger partial charge < -0.3 is 69.6 Å². The van der Waals surface area contributed by atoms with Crippen LogP contribution in [-0.2, 0) is 23.7 Å². The first-order valence-electron chi connectivity index (χ1n) is 9.85. The van der Waals surface area contributed by atoms with Crippen molar-refractivity contribution in [2.45, 2.75) is 92.9 Å². The Bertz CT molecular complexity index is 581. The average molecular weight is 458 g/mol. The highest BCUT2D eigenvalue weighted by Gasteiger charge is 2.52. The summed E-state index contributed by atoms with van der Waals surface area (Å²) in [4.78, 5) is 0. The minimum Gasteiger partial charge on any atom is -0.394 e. The van der Waals surface area contributed by atoms with Crippen LogP contribution in [0, 0.1) is 0 Å². The Balaban J connectivity index is 1.80. The summed E-state index contributed by atoms with van der Waals surface area (Å²) in [6, 6.07) is 0.